The zero-order chi connectivity index (χ0) is 19.5. The largest absolute Gasteiger partial charge is 0.497 e. The molecule has 0 atom stereocenters. The van der Waals surface area contributed by atoms with E-state index in [1.165, 1.54) is 0 Å². The van der Waals surface area contributed by atoms with E-state index in [0.29, 0.717) is 23.5 Å². The van der Waals surface area contributed by atoms with Crippen LogP contribution in [0.1, 0.15) is 16.2 Å². The van der Waals surface area contributed by atoms with Gasteiger partial charge in [-0.1, -0.05) is 0 Å². The molecule has 28 heavy (non-hydrogen) atoms. The van der Waals surface area contributed by atoms with E-state index < -0.39 is 0 Å². The number of carbonyl (C=O) groups excluding carboxylic acids is 1. The predicted molar refractivity (Wildman–Crippen MR) is 112 cm³/mol. The molecule has 1 aliphatic rings. The Balaban J connectivity index is 1.32. The van der Waals surface area contributed by atoms with E-state index >= 15 is 0 Å². The van der Waals surface area contributed by atoms with Gasteiger partial charge in [0.1, 0.15) is 10.8 Å². The number of ether oxygens (including phenoxy) is 1. The molecule has 0 bridgehead atoms. The third-order valence-corrected chi connectivity index (χ3v) is 6.08. The summed E-state index contributed by atoms with van der Waals surface area (Å²) in [6.45, 7) is 3.81. The predicted octanol–water partition coefficient (Wildman–Crippen LogP) is 4.13. The van der Waals surface area contributed by atoms with Gasteiger partial charge >= 0.3 is 0 Å². The van der Waals surface area contributed by atoms with Gasteiger partial charge in [0, 0.05) is 43.7 Å². The topological polar surface area (TPSA) is 58.8 Å². The van der Waals surface area contributed by atoms with Gasteiger partial charge in [0.05, 0.1) is 12.8 Å². The molecule has 1 fully saturated rings. The number of piperazine rings is 1. The molecule has 0 aliphatic carbocycles. The Bertz CT molecular complexity index is 946. The van der Waals surface area contributed by atoms with Gasteiger partial charge in [-0.2, -0.15) is 0 Å². The van der Waals surface area contributed by atoms with Crippen LogP contribution in [0.15, 0.2) is 50.9 Å². The van der Waals surface area contributed by atoms with E-state index in [1.807, 2.05) is 29.2 Å². The third-order valence-electron chi connectivity index (χ3n) is 4.72. The average molecular weight is 462 g/mol. The molecule has 1 aliphatic heterocycles. The molecule has 0 unspecified atom stereocenters. The zero-order valence-electron chi connectivity index (χ0n) is 15.4. The average Bonchev–Trinajstić information content (AvgIpc) is 3.37. The molecule has 1 amide bonds. The molecule has 2 aromatic heterocycles. The molecule has 0 radical (unpaired) electrons. The van der Waals surface area contributed by atoms with Crippen molar-refractivity contribution >= 4 is 33.2 Å². The normalized spacial score (nSPS) is 15.0. The van der Waals surface area contributed by atoms with Crippen LogP contribution in [0.2, 0.25) is 0 Å². The number of thiazole rings is 1. The fraction of sp³-hybridized carbons (Fsp3) is 0.300. The lowest BCUT2D eigenvalue weighted by Gasteiger charge is -2.33. The fourth-order valence-corrected chi connectivity index (χ4v) is 4.29. The summed E-state index contributed by atoms with van der Waals surface area (Å²) in [4.78, 5) is 21.4. The van der Waals surface area contributed by atoms with Crippen LogP contribution >= 0.6 is 27.3 Å². The summed E-state index contributed by atoms with van der Waals surface area (Å²) >= 11 is 4.89. The minimum atomic E-state index is -0.0548. The van der Waals surface area contributed by atoms with Crippen LogP contribution in [-0.2, 0) is 6.54 Å². The number of hydrogen-bond acceptors (Lipinski definition) is 6. The molecule has 146 valence electrons. The highest BCUT2D eigenvalue weighted by Gasteiger charge is 2.24. The number of methoxy groups -OCH3 is 1. The lowest BCUT2D eigenvalue weighted by molar-refractivity contribution is 0.0595. The van der Waals surface area contributed by atoms with E-state index in [4.69, 9.17) is 14.1 Å². The maximum atomic E-state index is 12.5. The second-order valence-electron chi connectivity index (χ2n) is 6.54. The summed E-state index contributed by atoms with van der Waals surface area (Å²) in [7, 11) is 1.66. The first-order valence-corrected chi connectivity index (χ1v) is 10.7. The van der Waals surface area contributed by atoms with Gasteiger partial charge in [-0.25, -0.2) is 4.98 Å². The van der Waals surface area contributed by atoms with Crippen molar-refractivity contribution in [1.29, 1.82) is 0 Å². The van der Waals surface area contributed by atoms with Crippen LogP contribution in [0.5, 0.6) is 5.75 Å². The van der Waals surface area contributed by atoms with Gasteiger partial charge in [-0.3, -0.25) is 9.69 Å². The molecule has 1 saturated heterocycles. The fourth-order valence-electron chi connectivity index (χ4n) is 3.17. The Morgan fingerprint density at radius 3 is 2.57 bits per heavy atom. The van der Waals surface area contributed by atoms with Gasteiger partial charge in [-0.05, 0) is 52.3 Å². The van der Waals surface area contributed by atoms with Crippen molar-refractivity contribution in [3.8, 4) is 16.3 Å². The Morgan fingerprint density at radius 1 is 1.18 bits per heavy atom. The molecule has 0 spiro atoms. The van der Waals surface area contributed by atoms with Crippen LogP contribution in [0.4, 0.5) is 0 Å². The molecule has 1 aromatic carbocycles. The molecule has 3 aromatic rings. The summed E-state index contributed by atoms with van der Waals surface area (Å²) in [5.74, 6) is 1.17. The number of carbonyl (C=O) groups is 1. The van der Waals surface area contributed by atoms with E-state index in [2.05, 4.69) is 26.2 Å². The Morgan fingerprint density at radius 2 is 1.93 bits per heavy atom. The van der Waals surface area contributed by atoms with Gasteiger partial charge in [0.15, 0.2) is 10.4 Å². The monoisotopic (exact) mass is 461 g/mol. The van der Waals surface area contributed by atoms with Gasteiger partial charge in [-0.15, -0.1) is 11.3 Å². The van der Waals surface area contributed by atoms with Crippen molar-refractivity contribution in [1.82, 2.24) is 14.8 Å². The minimum Gasteiger partial charge on any atom is -0.497 e. The van der Waals surface area contributed by atoms with Gasteiger partial charge < -0.3 is 14.1 Å². The lowest BCUT2D eigenvalue weighted by atomic mass is 10.2. The molecular formula is C20H20BrN3O3S. The van der Waals surface area contributed by atoms with Crippen LogP contribution in [0.25, 0.3) is 10.6 Å². The van der Waals surface area contributed by atoms with Crippen molar-refractivity contribution in [2.75, 3.05) is 33.3 Å². The third kappa shape index (κ3) is 4.29. The molecule has 4 rings (SSSR count). The van der Waals surface area contributed by atoms with E-state index in [-0.39, 0.29) is 5.91 Å². The molecule has 8 heteroatoms. The first-order valence-electron chi connectivity index (χ1n) is 8.98. The van der Waals surface area contributed by atoms with E-state index in [1.54, 1.807) is 30.6 Å². The van der Waals surface area contributed by atoms with Crippen molar-refractivity contribution in [2.45, 2.75) is 6.54 Å². The summed E-state index contributed by atoms with van der Waals surface area (Å²) in [5, 5.41) is 3.12. The second kappa shape index (κ2) is 8.46. The SMILES string of the molecule is COc1ccc(-c2nc(CN3CCN(C(=O)c4ccc(Br)o4)CC3)cs2)cc1. The number of hydrogen-bond donors (Lipinski definition) is 0. The quantitative estimate of drug-likeness (QED) is 0.571. The molecule has 0 saturated carbocycles. The van der Waals surface area contributed by atoms with Crippen LogP contribution < -0.4 is 4.74 Å². The summed E-state index contributed by atoms with van der Waals surface area (Å²) in [6.07, 6.45) is 0. The number of nitrogens with zero attached hydrogens (tertiary/aromatic N) is 3. The lowest BCUT2D eigenvalue weighted by Crippen LogP contribution is -2.48. The minimum absolute atomic E-state index is 0.0548. The van der Waals surface area contributed by atoms with Gasteiger partial charge in [0.2, 0.25) is 0 Å². The maximum absolute atomic E-state index is 12.5. The van der Waals surface area contributed by atoms with E-state index in [0.717, 1.165) is 41.6 Å². The zero-order valence-corrected chi connectivity index (χ0v) is 17.8. The highest BCUT2D eigenvalue weighted by atomic mass is 79.9. The number of amides is 1. The molecule has 0 N–H and O–H groups in total. The molecule has 6 nitrogen and oxygen atoms in total. The first kappa shape index (κ1) is 19.2. The van der Waals surface area contributed by atoms with Crippen molar-refractivity contribution in [2.24, 2.45) is 0 Å². The number of halogens is 1. The highest BCUT2D eigenvalue weighted by molar-refractivity contribution is 9.10. The van der Waals surface area contributed by atoms with Crippen LogP contribution in [-0.4, -0.2) is 54.0 Å². The van der Waals surface area contributed by atoms with Crippen LogP contribution in [0, 0.1) is 0 Å². The molecule has 3 heterocycles. The number of aromatic nitrogens is 1. The van der Waals surface area contributed by atoms with Crippen molar-refractivity contribution in [3.05, 3.63) is 57.9 Å². The van der Waals surface area contributed by atoms with Crippen LogP contribution in [0.3, 0.4) is 0 Å². The number of rotatable bonds is 5. The van der Waals surface area contributed by atoms with Crippen molar-refractivity contribution in [3.63, 3.8) is 0 Å². The summed E-state index contributed by atoms with van der Waals surface area (Å²) in [6, 6.07) is 11.4. The van der Waals surface area contributed by atoms with E-state index in [9.17, 15) is 4.79 Å². The number of benzene rings is 1. The van der Waals surface area contributed by atoms with Gasteiger partial charge in [0.25, 0.3) is 5.91 Å². The Kier molecular flexibility index (Phi) is 5.79. The second-order valence-corrected chi connectivity index (χ2v) is 8.18. The highest BCUT2D eigenvalue weighted by Crippen LogP contribution is 2.26. The molecular weight excluding hydrogens is 442 g/mol. The summed E-state index contributed by atoms with van der Waals surface area (Å²) < 4.78 is 11.2. The van der Waals surface area contributed by atoms with Crippen molar-refractivity contribution < 1.29 is 13.9 Å². The number of furan rings is 1. The Labute approximate surface area is 175 Å². The Hall–Kier alpha value is -2.16. The maximum Gasteiger partial charge on any atom is 0.289 e. The first-order chi connectivity index (χ1) is 13.6. The smallest absolute Gasteiger partial charge is 0.289 e. The standard InChI is InChI=1S/C20H20BrN3O3S/c1-26-16-4-2-14(3-5-16)19-22-15(13-28-19)12-23-8-10-24(11-9-23)20(25)17-6-7-18(21)27-17/h2-7,13H,8-12H2,1H3. The summed E-state index contributed by atoms with van der Waals surface area (Å²) in [5.41, 5.74) is 2.16.